The van der Waals surface area contributed by atoms with Gasteiger partial charge in [0.15, 0.2) is 5.92 Å². The van der Waals surface area contributed by atoms with Crippen molar-refractivity contribution in [3.63, 3.8) is 0 Å². The van der Waals surface area contributed by atoms with E-state index in [2.05, 4.69) is 14.5 Å². The lowest BCUT2D eigenvalue weighted by Gasteiger charge is -2.07. The second-order valence-electron chi connectivity index (χ2n) is 4.07. The maximum atomic E-state index is 11.4. The van der Waals surface area contributed by atoms with E-state index >= 15 is 0 Å². The minimum atomic E-state index is -1.11. The molecule has 0 spiro atoms. The van der Waals surface area contributed by atoms with Gasteiger partial charge in [-0.05, 0) is 24.1 Å². The number of methoxy groups -OCH3 is 2. The van der Waals surface area contributed by atoms with E-state index in [9.17, 15) is 9.59 Å². The van der Waals surface area contributed by atoms with Crippen LogP contribution in [0.15, 0.2) is 29.3 Å². The van der Waals surface area contributed by atoms with Gasteiger partial charge in [-0.1, -0.05) is 12.1 Å². The number of hydrogen-bond acceptors (Lipinski definition) is 6. The van der Waals surface area contributed by atoms with E-state index in [-0.39, 0.29) is 0 Å². The molecule has 0 aliphatic carbocycles. The van der Waals surface area contributed by atoms with Crippen molar-refractivity contribution in [2.45, 2.75) is 6.42 Å². The zero-order valence-electron chi connectivity index (χ0n) is 11.5. The van der Waals surface area contributed by atoms with Crippen LogP contribution in [0.25, 0.3) is 0 Å². The van der Waals surface area contributed by atoms with Gasteiger partial charge in [0.25, 0.3) is 0 Å². The fraction of sp³-hybridized carbons (Fsp3) is 0.357. The van der Waals surface area contributed by atoms with Gasteiger partial charge >= 0.3 is 11.9 Å². The molecule has 0 amide bonds. The molecule has 2 N–H and O–H groups in total. The molecule has 0 atom stereocenters. The Hall–Kier alpha value is -2.37. The van der Waals surface area contributed by atoms with Crippen LogP contribution in [0.5, 0.6) is 0 Å². The predicted octanol–water partition coefficient (Wildman–Crippen LogP) is 0.844. The Balaban J connectivity index is 2.54. The highest BCUT2D eigenvalue weighted by atomic mass is 16.5. The van der Waals surface area contributed by atoms with Crippen molar-refractivity contribution < 1.29 is 19.1 Å². The molecular weight excluding hydrogens is 260 g/mol. The molecule has 0 aliphatic rings. The van der Waals surface area contributed by atoms with Gasteiger partial charge in [-0.15, -0.1) is 0 Å². The third kappa shape index (κ3) is 4.72. The number of rotatable bonds is 6. The van der Waals surface area contributed by atoms with Crippen LogP contribution < -0.4 is 5.73 Å². The quantitative estimate of drug-likeness (QED) is 0.360. The van der Waals surface area contributed by atoms with Gasteiger partial charge in [-0.3, -0.25) is 14.6 Å². The van der Waals surface area contributed by atoms with E-state index in [0.29, 0.717) is 18.7 Å². The average molecular weight is 278 g/mol. The average Bonchev–Trinajstić information content (AvgIpc) is 2.47. The minimum absolute atomic E-state index is 0.453. The monoisotopic (exact) mass is 278 g/mol. The SMILES string of the molecule is COC(=O)C(C=NCCc1ccc(N)cc1)C(=O)OC. The number of ether oxygens (including phenoxy) is 2. The number of carbonyl (C=O) groups is 2. The van der Waals surface area contributed by atoms with Crippen molar-refractivity contribution in [3.05, 3.63) is 29.8 Å². The number of anilines is 1. The summed E-state index contributed by atoms with van der Waals surface area (Å²) in [6.45, 7) is 0.453. The van der Waals surface area contributed by atoms with E-state index in [4.69, 9.17) is 5.73 Å². The minimum Gasteiger partial charge on any atom is -0.468 e. The maximum absolute atomic E-state index is 11.4. The Morgan fingerprint density at radius 3 is 2.25 bits per heavy atom. The highest BCUT2D eigenvalue weighted by molar-refractivity contribution is 6.09. The summed E-state index contributed by atoms with van der Waals surface area (Å²) >= 11 is 0. The molecule has 0 unspecified atom stereocenters. The van der Waals surface area contributed by atoms with Gasteiger partial charge in [-0.2, -0.15) is 0 Å². The van der Waals surface area contributed by atoms with Crippen LogP contribution in [-0.4, -0.2) is 38.9 Å². The smallest absolute Gasteiger partial charge is 0.325 e. The molecule has 6 nitrogen and oxygen atoms in total. The third-order valence-corrected chi connectivity index (χ3v) is 2.67. The Kier molecular flexibility index (Phi) is 6.22. The Morgan fingerprint density at radius 1 is 1.20 bits per heavy atom. The fourth-order valence-electron chi connectivity index (χ4n) is 1.53. The van der Waals surface area contributed by atoms with Crippen molar-refractivity contribution in [3.8, 4) is 0 Å². The van der Waals surface area contributed by atoms with Crippen molar-refractivity contribution >= 4 is 23.8 Å². The molecule has 0 saturated carbocycles. The van der Waals surface area contributed by atoms with Gasteiger partial charge in [0, 0.05) is 18.4 Å². The summed E-state index contributed by atoms with van der Waals surface area (Å²) < 4.78 is 9.04. The van der Waals surface area contributed by atoms with Gasteiger partial charge < -0.3 is 15.2 Å². The number of carbonyl (C=O) groups excluding carboxylic acids is 2. The number of nitrogens with two attached hydrogens (primary N) is 1. The number of nitrogens with zero attached hydrogens (tertiary/aromatic N) is 1. The first-order valence-electron chi connectivity index (χ1n) is 6.08. The molecule has 0 aromatic heterocycles. The van der Waals surface area contributed by atoms with Crippen LogP contribution in [0.4, 0.5) is 5.69 Å². The Bertz CT molecular complexity index is 466. The molecule has 108 valence electrons. The summed E-state index contributed by atoms with van der Waals surface area (Å²) in [4.78, 5) is 26.8. The lowest BCUT2D eigenvalue weighted by molar-refractivity contribution is -0.154. The predicted molar refractivity (Wildman–Crippen MR) is 75.4 cm³/mol. The topological polar surface area (TPSA) is 91.0 Å². The molecule has 20 heavy (non-hydrogen) atoms. The summed E-state index contributed by atoms with van der Waals surface area (Å²) in [7, 11) is 2.42. The zero-order chi connectivity index (χ0) is 15.0. The number of benzene rings is 1. The molecule has 6 heteroatoms. The van der Waals surface area contributed by atoms with Crippen molar-refractivity contribution in [1.29, 1.82) is 0 Å². The second kappa shape index (κ2) is 7.93. The molecule has 1 aromatic carbocycles. The van der Waals surface area contributed by atoms with E-state index in [1.807, 2.05) is 24.3 Å². The second-order valence-corrected chi connectivity index (χ2v) is 4.07. The molecule has 0 saturated heterocycles. The van der Waals surface area contributed by atoms with Gasteiger partial charge in [0.05, 0.1) is 14.2 Å². The van der Waals surface area contributed by atoms with Crippen LogP contribution in [0.2, 0.25) is 0 Å². The van der Waals surface area contributed by atoms with Gasteiger partial charge in [-0.25, -0.2) is 0 Å². The van der Waals surface area contributed by atoms with Crippen molar-refractivity contribution in [2.24, 2.45) is 10.9 Å². The summed E-state index contributed by atoms with van der Waals surface area (Å²) in [5.41, 5.74) is 7.36. The maximum Gasteiger partial charge on any atom is 0.325 e. The number of aliphatic imine (C=N–C) groups is 1. The molecule has 0 heterocycles. The van der Waals surface area contributed by atoms with E-state index in [1.165, 1.54) is 20.4 Å². The Labute approximate surface area is 117 Å². The normalized spacial score (nSPS) is 10.8. The first-order valence-corrected chi connectivity index (χ1v) is 6.08. The summed E-state index contributed by atoms with van der Waals surface area (Å²) in [6, 6.07) is 7.43. The number of esters is 2. The molecular formula is C14H18N2O4. The molecule has 1 aromatic rings. The first-order chi connectivity index (χ1) is 9.58. The summed E-state index contributed by atoms with van der Waals surface area (Å²) in [6.07, 6.45) is 1.95. The van der Waals surface area contributed by atoms with Crippen LogP contribution in [0, 0.1) is 5.92 Å². The van der Waals surface area contributed by atoms with Crippen molar-refractivity contribution in [2.75, 3.05) is 26.5 Å². The van der Waals surface area contributed by atoms with E-state index in [0.717, 1.165) is 5.56 Å². The van der Waals surface area contributed by atoms with Crippen LogP contribution in [0.3, 0.4) is 0 Å². The zero-order valence-corrected chi connectivity index (χ0v) is 11.5. The highest BCUT2D eigenvalue weighted by Crippen LogP contribution is 2.06. The standard InChI is InChI=1S/C14H18N2O4/c1-19-13(17)12(14(18)20-2)9-16-8-7-10-3-5-11(15)6-4-10/h3-6,9,12H,7-8,15H2,1-2H3. The molecule has 0 fully saturated rings. The molecule has 0 bridgehead atoms. The number of hydrogen-bond donors (Lipinski definition) is 1. The lowest BCUT2D eigenvalue weighted by Crippen LogP contribution is -2.27. The first kappa shape index (κ1) is 15.7. The number of nitrogen functional groups attached to an aromatic ring is 1. The van der Waals surface area contributed by atoms with Crippen LogP contribution >= 0.6 is 0 Å². The van der Waals surface area contributed by atoms with E-state index in [1.54, 1.807) is 0 Å². The lowest BCUT2D eigenvalue weighted by atomic mass is 10.1. The Morgan fingerprint density at radius 2 is 1.75 bits per heavy atom. The summed E-state index contributed by atoms with van der Waals surface area (Å²) in [5, 5.41) is 0. The fourth-order valence-corrected chi connectivity index (χ4v) is 1.53. The van der Waals surface area contributed by atoms with Gasteiger partial charge in [0.1, 0.15) is 0 Å². The van der Waals surface area contributed by atoms with Crippen LogP contribution in [0.1, 0.15) is 5.56 Å². The molecule has 0 radical (unpaired) electrons. The molecule has 1 rings (SSSR count). The third-order valence-electron chi connectivity index (χ3n) is 2.67. The summed E-state index contributed by atoms with van der Waals surface area (Å²) in [5.74, 6) is -2.49. The highest BCUT2D eigenvalue weighted by Gasteiger charge is 2.26. The van der Waals surface area contributed by atoms with Crippen LogP contribution in [-0.2, 0) is 25.5 Å². The van der Waals surface area contributed by atoms with Gasteiger partial charge in [0.2, 0.25) is 0 Å². The largest absolute Gasteiger partial charge is 0.468 e. The molecule has 0 aliphatic heterocycles. The van der Waals surface area contributed by atoms with Crippen molar-refractivity contribution in [1.82, 2.24) is 0 Å². The van der Waals surface area contributed by atoms with E-state index < -0.39 is 17.9 Å².